The van der Waals surface area contributed by atoms with Gasteiger partial charge < -0.3 is 9.47 Å². The smallest absolute Gasteiger partial charge is 0.182 e. The Balaban J connectivity index is 2.33. The van der Waals surface area contributed by atoms with Gasteiger partial charge in [-0.2, -0.15) is 0 Å². The van der Waals surface area contributed by atoms with Gasteiger partial charge in [0.05, 0.1) is 19.9 Å². The van der Waals surface area contributed by atoms with Crippen molar-refractivity contribution in [3.63, 3.8) is 0 Å². The van der Waals surface area contributed by atoms with E-state index in [1.54, 1.807) is 26.5 Å². The van der Waals surface area contributed by atoms with Gasteiger partial charge in [-0.1, -0.05) is 30.3 Å². The monoisotopic (exact) mass is 229 g/mol. The van der Waals surface area contributed by atoms with Crippen molar-refractivity contribution in [2.24, 2.45) is 0 Å². The SMILES string of the molecule is COc1ccnc(Cc2ccccc2)c1OC. The van der Waals surface area contributed by atoms with E-state index in [2.05, 4.69) is 17.1 Å². The maximum atomic E-state index is 5.35. The minimum absolute atomic E-state index is 0.707. The van der Waals surface area contributed by atoms with Crippen LogP contribution in [0.15, 0.2) is 42.6 Å². The van der Waals surface area contributed by atoms with E-state index in [0.29, 0.717) is 11.5 Å². The highest BCUT2D eigenvalue weighted by atomic mass is 16.5. The van der Waals surface area contributed by atoms with E-state index in [1.165, 1.54) is 5.56 Å². The normalized spacial score (nSPS) is 10.0. The largest absolute Gasteiger partial charge is 0.493 e. The molecule has 1 aromatic heterocycles. The van der Waals surface area contributed by atoms with Gasteiger partial charge in [0.15, 0.2) is 11.5 Å². The molecule has 3 nitrogen and oxygen atoms in total. The van der Waals surface area contributed by atoms with Crippen LogP contribution in [0.2, 0.25) is 0 Å². The molecule has 0 N–H and O–H groups in total. The Hall–Kier alpha value is -2.03. The first-order valence-electron chi connectivity index (χ1n) is 5.45. The summed E-state index contributed by atoms with van der Waals surface area (Å²) >= 11 is 0. The van der Waals surface area contributed by atoms with Crippen LogP contribution in [0.4, 0.5) is 0 Å². The number of pyridine rings is 1. The number of ether oxygens (including phenoxy) is 2. The number of hydrogen-bond donors (Lipinski definition) is 0. The molecule has 0 aliphatic heterocycles. The lowest BCUT2D eigenvalue weighted by atomic mass is 10.1. The third-order valence-corrected chi connectivity index (χ3v) is 2.58. The van der Waals surface area contributed by atoms with Crippen LogP contribution in [-0.2, 0) is 6.42 Å². The van der Waals surface area contributed by atoms with Gasteiger partial charge in [-0.05, 0) is 5.56 Å². The molecule has 2 aromatic rings. The molecule has 0 spiro atoms. The molecule has 88 valence electrons. The molecule has 0 atom stereocenters. The van der Waals surface area contributed by atoms with Crippen molar-refractivity contribution in [2.75, 3.05) is 14.2 Å². The molecule has 0 aliphatic carbocycles. The zero-order chi connectivity index (χ0) is 12.1. The first kappa shape index (κ1) is 11.5. The van der Waals surface area contributed by atoms with E-state index in [4.69, 9.17) is 9.47 Å². The summed E-state index contributed by atoms with van der Waals surface area (Å²) in [5.41, 5.74) is 2.09. The molecule has 0 radical (unpaired) electrons. The zero-order valence-corrected chi connectivity index (χ0v) is 10.0. The van der Waals surface area contributed by atoms with Crippen LogP contribution in [0.3, 0.4) is 0 Å². The predicted molar refractivity (Wildman–Crippen MR) is 66.6 cm³/mol. The lowest BCUT2D eigenvalue weighted by Crippen LogP contribution is -1.99. The summed E-state index contributed by atoms with van der Waals surface area (Å²) in [6.07, 6.45) is 2.47. The summed E-state index contributed by atoms with van der Waals surface area (Å²) in [6.45, 7) is 0. The minimum Gasteiger partial charge on any atom is -0.493 e. The summed E-state index contributed by atoms with van der Waals surface area (Å²) in [7, 11) is 3.26. The summed E-state index contributed by atoms with van der Waals surface area (Å²) in [4.78, 5) is 4.35. The van der Waals surface area contributed by atoms with Crippen LogP contribution < -0.4 is 9.47 Å². The molecule has 17 heavy (non-hydrogen) atoms. The number of aromatic nitrogens is 1. The number of benzene rings is 1. The fourth-order valence-electron chi connectivity index (χ4n) is 1.77. The molecule has 0 saturated carbocycles. The Morgan fingerprint density at radius 3 is 2.41 bits per heavy atom. The third-order valence-electron chi connectivity index (χ3n) is 2.58. The fraction of sp³-hybridized carbons (Fsp3) is 0.214. The summed E-state index contributed by atoms with van der Waals surface area (Å²) in [5, 5.41) is 0. The zero-order valence-electron chi connectivity index (χ0n) is 10.0. The van der Waals surface area contributed by atoms with Crippen molar-refractivity contribution in [1.29, 1.82) is 0 Å². The Kier molecular flexibility index (Phi) is 3.60. The van der Waals surface area contributed by atoms with E-state index in [9.17, 15) is 0 Å². The highest BCUT2D eigenvalue weighted by molar-refractivity contribution is 5.44. The summed E-state index contributed by atoms with van der Waals surface area (Å²) < 4.78 is 10.6. The van der Waals surface area contributed by atoms with Crippen molar-refractivity contribution in [2.45, 2.75) is 6.42 Å². The lowest BCUT2D eigenvalue weighted by Gasteiger charge is -2.11. The van der Waals surface area contributed by atoms with E-state index < -0.39 is 0 Å². The summed E-state index contributed by atoms with van der Waals surface area (Å²) in [6, 6.07) is 12.0. The predicted octanol–water partition coefficient (Wildman–Crippen LogP) is 2.69. The second kappa shape index (κ2) is 5.34. The highest BCUT2D eigenvalue weighted by Crippen LogP contribution is 2.30. The first-order chi connectivity index (χ1) is 8.35. The highest BCUT2D eigenvalue weighted by Gasteiger charge is 2.10. The quantitative estimate of drug-likeness (QED) is 0.807. The Labute approximate surface area is 101 Å². The van der Waals surface area contributed by atoms with Crippen molar-refractivity contribution in [3.05, 3.63) is 53.9 Å². The average Bonchev–Trinajstić information content (AvgIpc) is 2.39. The molecular formula is C14H15NO2. The molecule has 0 saturated heterocycles. The van der Waals surface area contributed by atoms with E-state index in [-0.39, 0.29) is 0 Å². The van der Waals surface area contributed by atoms with E-state index >= 15 is 0 Å². The van der Waals surface area contributed by atoms with Crippen LogP contribution in [0, 0.1) is 0 Å². The fourth-order valence-corrected chi connectivity index (χ4v) is 1.77. The van der Waals surface area contributed by atoms with Crippen molar-refractivity contribution < 1.29 is 9.47 Å². The number of rotatable bonds is 4. The second-order valence-electron chi connectivity index (χ2n) is 3.66. The molecule has 1 heterocycles. The van der Waals surface area contributed by atoms with Gasteiger partial charge in [-0.25, -0.2) is 0 Å². The van der Waals surface area contributed by atoms with Gasteiger partial charge in [0.1, 0.15) is 0 Å². The van der Waals surface area contributed by atoms with Gasteiger partial charge >= 0.3 is 0 Å². The van der Waals surface area contributed by atoms with Gasteiger partial charge in [0.2, 0.25) is 0 Å². The Bertz CT molecular complexity index is 483. The lowest BCUT2D eigenvalue weighted by molar-refractivity contribution is 0.350. The maximum Gasteiger partial charge on any atom is 0.182 e. The van der Waals surface area contributed by atoms with E-state index in [0.717, 1.165) is 12.1 Å². The number of hydrogen-bond acceptors (Lipinski definition) is 3. The first-order valence-corrected chi connectivity index (χ1v) is 5.45. The molecule has 0 unspecified atom stereocenters. The molecule has 1 aromatic carbocycles. The van der Waals surface area contributed by atoms with Crippen LogP contribution >= 0.6 is 0 Å². The number of methoxy groups -OCH3 is 2. The molecule has 0 aliphatic rings. The van der Waals surface area contributed by atoms with Crippen molar-refractivity contribution >= 4 is 0 Å². The van der Waals surface area contributed by atoms with Crippen LogP contribution in [0.5, 0.6) is 11.5 Å². The standard InChI is InChI=1S/C14H15NO2/c1-16-13-8-9-15-12(14(13)17-2)10-11-6-4-3-5-7-11/h3-9H,10H2,1-2H3. The molecular weight excluding hydrogens is 214 g/mol. The number of nitrogens with zero attached hydrogens (tertiary/aromatic N) is 1. The Morgan fingerprint density at radius 2 is 1.76 bits per heavy atom. The van der Waals surface area contributed by atoms with Gasteiger partial charge in [-0.15, -0.1) is 0 Å². The molecule has 0 fully saturated rings. The Morgan fingerprint density at radius 1 is 1.00 bits per heavy atom. The third kappa shape index (κ3) is 2.56. The second-order valence-corrected chi connectivity index (χ2v) is 3.66. The topological polar surface area (TPSA) is 31.4 Å². The van der Waals surface area contributed by atoms with Crippen molar-refractivity contribution in [1.82, 2.24) is 4.98 Å². The van der Waals surface area contributed by atoms with Crippen molar-refractivity contribution in [3.8, 4) is 11.5 Å². The minimum atomic E-state index is 0.707. The molecule has 3 heteroatoms. The maximum absolute atomic E-state index is 5.35. The van der Waals surface area contributed by atoms with Gasteiger partial charge in [-0.3, -0.25) is 4.98 Å². The molecule has 0 bridgehead atoms. The molecule has 2 rings (SSSR count). The van der Waals surface area contributed by atoms with Gasteiger partial charge in [0.25, 0.3) is 0 Å². The molecule has 0 amide bonds. The van der Waals surface area contributed by atoms with Crippen LogP contribution in [0.25, 0.3) is 0 Å². The summed E-state index contributed by atoms with van der Waals surface area (Å²) in [5.74, 6) is 1.42. The van der Waals surface area contributed by atoms with Crippen LogP contribution in [-0.4, -0.2) is 19.2 Å². The van der Waals surface area contributed by atoms with Crippen LogP contribution in [0.1, 0.15) is 11.3 Å². The average molecular weight is 229 g/mol. The van der Waals surface area contributed by atoms with Gasteiger partial charge in [0, 0.05) is 18.7 Å². The van der Waals surface area contributed by atoms with E-state index in [1.807, 2.05) is 18.2 Å².